The molecule has 0 aliphatic heterocycles. The number of halogens is 2. The van der Waals surface area contributed by atoms with E-state index in [0.29, 0.717) is 11.0 Å². The van der Waals surface area contributed by atoms with Crippen LogP contribution in [0.2, 0.25) is 5.02 Å². The Morgan fingerprint density at radius 1 is 1.50 bits per heavy atom. The van der Waals surface area contributed by atoms with Crippen molar-refractivity contribution in [1.29, 1.82) is 0 Å². The van der Waals surface area contributed by atoms with Gasteiger partial charge in [-0.3, -0.25) is 4.68 Å². The molecule has 0 saturated heterocycles. The van der Waals surface area contributed by atoms with Gasteiger partial charge in [-0.25, -0.2) is 9.37 Å². The van der Waals surface area contributed by atoms with Gasteiger partial charge in [0.05, 0.1) is 24.5 Å². The average molecular weight is 244 g/mol. The molecule has 0 aliphatic rings. The van der Waals surface area contributed by atoms with Crippen molar-refractivity contribution in [2.24, 2.45) is 0 Å². The monoisotopic (exact) mass is 243 g/mol. The molecule has 2 rings (SSSR count). The average Bonchev–Trinajstić information content (AvgIpc) is 2.53. The second-order valence-electron chi connectivity index (χ2n) is 4.27. The number of pyridine rings is 1. The molecule has 86 valence electrons. The lowest BCUT2D eigenvalue weighted by atomic mass is 10.1. The van der Waals surface area contributed by atoms with E-state index in [-0.39, 0.29) is 11.6 Å². The van der Waals surface area contributed by atoms with Gasteiger partial charge in [0, 0.05) is 0 Å². The molecular formula is C10H11ClFN3O. The fraction of sp³-hybridized carbons (Fsp3) is 0.400. The third kappa shape index (κ3) is 2.01. The van der Waals surface area contributed by atoms with Gasteiger partial charge >= 0.3 is 0 Å². The number of rotatable bonds is 2. The maximum absolute atomic E-state index is 13.2. The fourth-order valence-corrected chi connectivity index (χ4v) is 1.72. The molecule has 0 spiro atoms. The minimum Gasteiger partial charge on any atom is -0.389 e. The minimum absolute atomic E-state index is 0.0215. The van der Waals surface area contributed by atoms with Crippen LogP contribution in [0.15, 0.2) is 12.4 Å². The van der Waals surface area contributed by atoms with Crippen LogP contribution >= 0.6 is 11.6 Å². The van der Waals surface area contributed by atoms with Crippen LogP contribution in [0.4, 0.5) is 4.39 Å². The highest BCUT2D eigenvalue weighted by Gasteiger charge is 2.18. The number of aliphatic hydroxyl groups is 1. The Bertz CT molecular complexity index is 533. The quantitative estimate of drug-likeness (QED) is 0.878. The minimum atomic E-state index is -0.950. The molecule has 0 aliphatic carbocycles. The largest absolute Gasteiger partial charge is 0.389 e. The Labute approximate surface area is 96.7 Å². The molecule has 0 radical (unpaired) electrons. The van der Waals surface area contributed by atoms with Crippen molar-refractivity contribution in [2.75, 3.05) is 0 Å². The van der Waals surface area contributed by atoms with Crippen LogP contribution in [0, 0.1) is 5.82 Å². The van der Waals surface area contributed by atoms with Crippen LogP contribution in [-0.2, 0) is 6.54 Å². The van der Waals surface area contributed by atoms with E-state index in [2.05, 4.69) is 10.1 Å². The van der Waals surface area contributed by atoms with Crippen molar-refractivity contribution in [2.45, 2.75) is 26.0 Å². The Kier molecular flexibility index (Phi) is 2.59. The van der Waals surface area contributed by atoms with Crippen molar-refractivity contribution in [3.63, 3.8) is 0 Å². The van der Waals surface area contributed by atoms with Gasteiger partial charge in [-0.2, -0.15) is 5.10 Å². The molecule has 4 nitrogen and oxygen atoms in total. The Morgan fingerprint density at radius 3 is 2.81 bits per heavy atom. The topological polar surface area (TPSA) is 50.9 Å². The number of hydrogen-bond acceptors (Lipinski definition) is 3. The summed E-state index contributed by atoms with van der Waals surface area (Å²) in [4.78, 5) is 3.87. The molecule has 0 bridgehead atoms. The Balaban J connectivity index is 2.59. The Hall–Kier alpha value is -1.20. The third-order valence-corrected chi connectivity index (χ3v) is 2.45. The summed E-state index contributed by atoms with van der Waals surface area (Å²) in [6, 6.07) is 0. The van der Waals surface area contributed by atoms with E-state index < -0.39 is 11.4 Å². The summed E-state index contributed by atoms with van der Waals surface area (Å²) in [5, 5.41) is 13.7. The summed E-state index contributed by atoms with van der Waals surface area (Å²) in [5.41, 5.74) is -0.0337. The predicted octanol–water partition coefficient (Wildman–Crippen LogP) is 1.99. The van der Waals surface area contributed by atoms with Crippen LogP contribution < -0.4 is 0 Å². The molecule has 0 aromatic carbocycles. The lowest BCUT2D eigenvalue weighted by molar-refractivity contribution is 0.0591. The van der Waals surface area contributed by atoms with E-state index >= 15 is 0 Å². The van der Waals surface area contributed by atoms with Crippen LogP contribution in [0.1, 0.15) is 13.8 Å². The highest BCUT2D eigenvalue weighted by atomic mass is 35.5. The second kappa shape index (κ2) is 3.68. The molecule has 2 heterocycles. The zero-order chi connectivity index (χ0) is 11.9. The van der Waals surface area contributed by atoms with Gasteiger partial charge in [-0.15, -0.1) is 0 Å². The van der Waals surface area contributed by atoms with Gasteiger partial charge in [0.2, 0.25) is 0 Å². The highest BCUT2D eigenvalue weighted by molar-refractivity contribution is 6.35. The summed E-state index contributed by atoms with van der Waals surface area (Å²) < 4.78 is 14.7. The van der Waals surface area contributed by atoms with Gasteiger partial charge in [-0.05, 0) is 13.8 Å². The molecule has 2 aromatic rings. The van der Waals surface area contributed by atoms with Crippen LogP contribution in [0.25, 0.3) is 11.0 Å². The molecule has 0 amide bonds. The molecule has 0 atom stereocenters. The standard InChI is InChI=1S/C10H11ClFN3O/c1-10(2,16)5-15-9-7(4-14-15)13-3-6(12)8(9)11/h3-4,16H,5H2,1-2H3. The molecule has 1 N–H and O–H groups in total. The lowest BCUT2D eigenvalue weighted by Gasteiger charge is -2.17. The summed E-state index contributed by atoms with van der Waals surface area (Å²) >= 11 is 5.84. The SMILES string of the molecule is CC(C)(O)Cn1ncc2ncc(F)c(Cl)c21. The van der Waals surface area contributed by atoms with Crippen molar-refractivity contribution >= 4 is 22.6 Å². The molecule has 0 unspecified atom stereocenters. The number of aromatic nitrogens is 3. The van der Waals surface area contributed by atoms with Gasteiger partial charge in [0.25, 0.3) is 0 Å². The first-order chi connectivity index (χ1) is 7.38. The van der Waals surface area contributed by atoms with Gasteiger partial charge in [0.1, 0.15) is 16.1 Å². The maximum atomic E-state index is 13.2. The summed E-state index contributed by atoms with van der Waals surface area (Å²) in [7, 11) is 0. The fourth-order valence-electron chi connectivity index (χ4n) is 1.48. The van der Waals surface area contributed by atoms with Crippen molar-refractivity contribution < 1.29 is 9.50 Å². The zero-order valence-corrected chi connectivity index (χ0v) is 9.66. The summed E-state index contributed by atoms with van der Waals surface area (Å²) in [6.45, 7) is 3.50. The zero-order valence-electron chi connectivity index (χ0n) is 8.91. The van der Waals surface area contributed by atoms with Crippen molar-refractivity contribution in [3.8, 4) is 0 Å². The lowest BCUT2D eigenvalue weighted by Crippen LogP contribution is -2.26. The van der Waals surface area contributed by atoms with E-state index in [4.69, 9.17) is 11.6 Å². The maximum Gasteiger partial charge on any atom is 0.162 e. The Morgan fingerprint density at radius 2 is 2.19 bits per heavy atom. The highest BCUT2D eigenvalue weighted by Crippen LogP contribution is 2.25. The molecular weight excluding hydrogens is 233 g/mol. The first-order valence-electron chi connectivity index (χ1n) is 4.76. The summed E-state index contributed by atoms with van der Waals surface area (Å²) in [5.74, 6) is -0.591. The molecule has 16 heavy (non-hydrogen) atoms. The second-order valence-corrected chi connectivity index (χ2v) is 4.65. The summed E-state index contributed by atoms with van der Waals surface area (Å²) in [6.07, 6.45) is 2.55. The first kappa shape index (κ1) is 11.3. The molecule has 0 saturated carbocycles. The molecule has 2 aromatic heterocycles. The van der Waals surface area contributed by atoms with Crippen LogP contribution in [0.5, 0.6) is 0 Å². The predicted molar refractivity (Wildman–Crippen MR) is 58.8 cm³/mol. The van der Waals surface area contributed by atoms with Gasteiger partial charge in [0.15, 0.2) is 5.82 Å². The number of nitrogens with zero attached hydrogens (tertiary/aromatic N) is 3. The smallest absolute Gasteiger partial charge is 0.162 e. The first-order valence-corrected chi connectivity index (χ1v) is 5.14. The third-order valence-electron chi connectivity index (χ3n) is 2.09. The van der Waals surface area contributed by atoms with Gasteiger partial charge < -0.3 is 5.11 Å². The molecule has 6 heteroatoms. The van der Waals surface area contributed by atoms with E-state index in [1.165, 1.54) is 10.9 Å². The van der Waals surface area contributed by atoms with Crippen LogP contribution in [0.3, 0.4) is 0 Å². The van der Waals surface area contributed by atoms with Crippen molar-refractivity contribution in [1.82, 2.24) is 14.8 Å². The van der Waals surface area contributed by atoms with Crippen molar-refractivity contribution in [3.05, 3.63) is 23.2 Å². The molecule has 0 fully saturated rings. The van der Waals surface area contributed by atoms with E-state index in [1.807, 2.05) is 0 Å². The van der Waals surface area contributed by atoms with E-state index in [1.54, 1.807) is 13.8 Å². The number of fused-ring (bicyclic) bond motifs is 1. The van der Waals surface area contributed by atoms with E-state index in [0.717, 1.165) is 6.20 Å². The van der Waals surface area contributed by atoms with Crippen LogP contribution in [-0.4, -0.2) is 25.5 Å². The normalized spacial score (nSPS) is 12.3. The number of hydrogen-bond donors (Lipinski definition) is 1. The van der Waals surface area contributed by atoms with E-state index in [9.17, 15) is 9.50 Å². The van der Waals surface area contributed by atoms with Gasteiger partial charge in [-0.1, -0.05) is 11.6 Å².